The van der Waals surface area contributed by atoms with Crippen LogP contribution in [0.2, 0.25) is 0 Å². The zero-order chi connectivity index (χ0) is 13.1. The molecule has 0 aliphatic rings. The molecule has 0 radical (unpaired) electrons. The Morgan fingerprint density at radius 1 is 1.56 bits per heavy atom. The van der Waals surface area contributed by atoms with E-state index in [4.69, 9.17) is 9.84 Å². The van der Waals surface area contributed by atoms with Crippen LogP contribution in [0.15, 0.2) is 28.9 Å². The van der Waals surface area contributed by atoms with Gasteiger partial charge in [0.1, 0.15) is 16.2 Å². The Kier molecular flexibility index (Phi) is 3.66. The summed E-state index contributed by atoms with van der Waals surface area (Å²) in [7, 11) is 1.59. The average molecular weight is 311 g/mol. The van der Waals surface area contributed by atoms with Crippen molar-refractivity contribution in [1.82, 2.24) is 9.97 Å². The summed E-state index contributed by atoms with van der Waals surface area (Å²) in [4.78, 5) is 17.9. The first-order chi connectivity index (χ1) is 8.60. The van der Waals surface area contributed by atoms with Crippen LogP contribution in [0.4, 0.5) is 0 Å². The summed E-state index contributed by atoms with van der Waals surface area (Å²) in [6.45, 7) is 0. The summed E-state index contributed by atoms with van der Waals surface area (Å²) in [5.41, 5.74) is 1.38. The number of nitrogens with one attached hydrogen (secondary N) is 1. The second-order valence-corrected chi connectivity index (χ2v) is 4.41. The Balaban J connectivity index is 2.35. The van der Waals surface area contributed by atoms with Crippen molar-refractivity contribution in [2.24, 2.45) is 0 Å². The summed E-state index contributed by atoms with van der Waals surface area (Å²) in [5, 5.41) is 8.76. The van der Waals surface area contributed by atoms with Gasteiger partial charge in [0.05, 0.1) is 19.2 Å². The molecule has 94 valence electrons. The van der Waals surface area contributed by atoms with Crippen LogP contribution in [0.5, 0.6) is 5.75 Å². The summed E-state index contributed by atoms with van der Waals surface area (Å²) in [6.07, 6.45) is -0.0997. The fourth-order valence-corrected chi connectivity index (χ4v) is 1.98. The summed E-state index contributed by atoms with van der Waals surface area (Å²) in [5.74, 6) is 0.424. The zero-order valence-corrected chi connectivity index (χ0v) is 11.2. The minimum Gasteiger partial charge on any atom is -0.497 e. The molecule has 5 nitrogen and oxygen atoms in total. The highest BCUT2D eigenvalue weighted by atomic mass is 79.9. The third-order valence-corrected chi connectivity index (χ3v) is 3.06. The normalized spacial score (nSPS) is 10.3. The molecule has 0 atom stereocenters. The molecule has 0 spiro atoms. The van der Waals surface area contributed by atoms with E-state index < -0.39 is 5.97 Å². The number of hydrogen-bond acceptors (Lipinski definition) is 3. The van der Waals surface area contributed by atoms with E-state index in [1.807, 2.05) is 24.3 Å². The number of methoxy groups -OCH3 is 1. The number of nitrogens with zero attached hydrogens (tertiary/aromatic N) is 1. The number of carboxylic acids is 1. The zero-order valence-electron chi connectivity index (χ0n) is 9.61. The Hall–Kier alpha value is -1.82. The molecular weight excluding hydrogens is 300 g/mol. The van der Waals surface area contributed by atoms with Gasteiger partial charge in [0.15, 0.2) is 0 Å². The fourth-order valence-electron chi connectivity index (χ4n) is 1.56. The van der Waals surface area contributed by atoms with E-state index in [9.17, 15) is 4.79 Å². The molecule has 2 aromatic rings. The van der Waals surface area contributed by atoms with Crippen molar-refractivity contribution in [2.75, 3.05) is 7.11 Å². The largest absolute Gasteiger partial charge is 0.497 e. The van der Waals surface area contributed by atoms with Crippen molar-refractivity contribution in [3.63, 3.8) is 0 Å². The van der Waals surface area contributed by atoms with Crippen molar-refractivity contribution < 1.29 is 14.6 Å². The van der Waals surface area contributed by atoms with Gasteiger partial charge in [-0.25, -0.2) is 4.98 Å². The maximum Gasteiger partial charge on any atom is 0.309 e. The number of ether oxygens (including phenoxy) is 1. The molecule has 0 bridgehead atoms. The molecule has 0 aliphatic carbocycles. The van der Waals surface area contributed by atoms with Gasteiger partial charge in [-0.3, -0.25) is 4.79 Å². The van der Waals surface area contributed by atoms with Crippen molar-refractivity contribution >= 4 is 21.9 Å². The number of carbonyl (C=O) groups is 1. The van der Waals surface area contributed by atoms with Gasteiger partial charge < -0.3 is 14.8 Å². The van der Waals surface area contributed by atoms with E-state index in [-0.39, 0.29) is 6.42 Å². The summed E-state index contributed by atoms with van der Waals surface area (Å²) < 4.78 is 5.65. The van der Waals surface area contributed by atoms with Crippen molar-refractivity contribution in [2.45, 2.75) is 6.42 Å². The van der Waals surface area contributed by atoms with Crippen LogP contribution in [0.3, 0.4) is 0 Å². The molecule has 0 aliphatic heterocycles. The van der Waals surface area contributed by atoms with Gasteiger partial charge in [-0.2, -0.15) is 0 Å². The highest BCUT2D eigenvalue weighted by molar-refractivity contribution is 9.10. The molecular formula is C12H11BrN2O3. The molecule has 0 saturated carbocycles. The van der Waals surface area contributed by atoms with Crippen LogP contribution in [-0.2, 0) is 11.2 Å². The molecule has 1 aromatic carbocycles. The topological polar surface area (TPSA) is 75.2 Å². The smallest absolute Gasteiger partial charge is 0.309 e. The standard InChI is InChI=1S/C12H11BrN2O3/c1-18-8-4-2-3-7(5-8)12-14-9(6-10(16)17)11(13)15-12/h2-5H,6H2,1H3,(H,14,15)(H,16,17). The third kappa shape index (κ3) is 2.70. The van der Waals surface area contributed by atoms with E-state index in [0.717, 1.165) is 11.3 Å². The van der Waals surface area contributed by atoms with E-state index in [2.05, 4.69) is 25.9 Å². The van der Waals surface area contributed by atoms with Gasteiger partial charge in [0, 0.05) is 5.56 Å². The molecule has 0 fully saturated rings. The van der Waals surface area contributed by atoms with Crippen LogP contribution >= 0.6 is 15.9 Å². The van der Waals surface area contributed by atoms with Crippen LogP contribution in [0.25, 0.3) is 11.4 Å². The number of halogens is 1. The predicted octanol–water partition coefficient (Wildman–Crippen LogP) is 2.47. The molecule has 0 saturated heterocycles. The van der Waals surface area contributed by atoms with Crippen molar-refractivity contribution in [3.8, 4) is 17.1 Å². The summed E-state index contributed by atoms with van der Waals surface area (Å²) >= 11 is 3.24. The first kappa shape index (κ1) is 12.6. The van der Waals surface area contributed by atoms with Crippen LogP contribution < -0.4 is 4.74 Å². The molecule has 1 aromatic heterocycles. The maximum absolute atomic E-state index is 10.7. The lowest BCUT2D eigenvalue weighted by Gasteiger charge is -2.01. The fraction of sp³-hybridized carbons (Fsp3) is 0.167. The average Bonchev–Trinajstić information content (AvgIpc) is 2.70. The monoisotopic (exact) mass is 310 g/mol. The van der Waals surface area contributed by atoms with Gasteiger partial charge >= 0.3 is 5.97 Å². The van der Waals surface area contributed by atoms with Crippen LogP contribution in [0, 0.1) is 0 Å². The van der Waals surface area contributed by atoms with Gasteiger partial charge in [0.2, 0.25) is 0 Å². The van der Waals surface area contributed by atoms with Crippen molar-refractivity contribution in [1.29, 1.82) is 0 Å². The number of hydrogen-bond donors (Lipinski definition) is 2. The Morgan fingerprint density at radius 3 is 3.00 bits per heavy atom. The lowest BCUT2D eigenvalue weighted by atomic mass is 10.2. The maximum atomic E-state index is 10.7. The molecule has 6 heteroatoms. The Morgan fingerprint density at radius 2 is 2.33 bits per heavy atom. The van der Waals surface area contributed by atoms with Crippen molar-refractivity contribution in [3.05, 3.63) is 34.6 Å². The molecule has 0 unspecified atom stereocenters. The van der Waals surface area contributed by atoms with Gasteiger partial charge in [-0.1, -0.05) is 12.1 Å². The molecule has 0 amide bonds. The number of imidazole rings is 1. The predicted molar refractivity (Wildman–Crippen MR) is 69.6 cm³/mol. The first-order valence-electron chi connectivity index (χ1n) is 5.20. The second-order valence-electron chi connectivity index (χ2n) is 3.66. The molecule has 1 heterocycles. The second kappa shape index (κ2) is 5.22. The minimum absolute atomic E-state index is 0.0997. The van der Waals surface area contributed by atoms with E-state index in [1.54, 1.807) is 7.11 Å². The quantitative estimate of drug-likeness (QED) is 0.909. The number of aliphatic carboxylic acids is 1. The number of benzene rings is 1. The Labute approximate surface area is 112 Å². The molecule has 2 rings (SSSR count). The lowest BCUT2D eigenvalue weighted by Crippen LogP contribution is -2.00. The molecule has 18 heavy (non-hydrogen) atoms. The van der Waals surface area contributed by atoms with Gasteiger partial charge in [-0.05, 0) is 28.1 Å². The van der Waals surface area contributed by atoms with Gasteiger partial charge in [-0.15, -0.1) is 0 Å². The van der Waals surface area contributed by atoms with E-state index in [1.165, 1.54) is 0 Å². The number of aromatic amines is 1. The molecule has 2 N–H and O–H groups in total. The van der Waals surface area contributed by atoms with Gasteiger partial charge in [0.25, 0.3) is 0 Å². The number of carboxylic acid groups (broad SMARTS) is 1. The highest BCUT2D eigenvalue weighted by Crippen LogP contribution is 2.25. The van der Waals surface area contributed by atoms with E-state index in [0.29, 0.717) is 16.1 Å². The number of rotatable bonds is 4. The lowest BCUT2D eigenvalue weighted by molar-refractivity contribution is -0.136. The number of aromatic nitrogens is 2. The van der Waals surface area contributed by atoms with E-state index >= 15 is 0 Å². The minimum atomic E-state index is -0.906. The number of H-pyrrole nitrogens is 1. The third-order valence-electron chi connectivity index (χ3n) is 2.40. The van der Waals surface area contributed by atoms with Crippen LogP contribution in [-0.4, -0.2) is 28.2 Å². The SMILES string of the molecule is COc1cccc(-c2nc(Br)c(CC(=O)O)[nH]2)c1. The summed E-state index contributed by atoms with van der Waals surface area (Å²) in [6, 6.07) is 7.38. The van der Waals surface area contributed by atoms with Crippen LogP contribution in [0.1, 0.15) is 5.69 Å². The Bertz CT molecular complexity index is 580. The highest BCUT2D eigenvalue weighted by Gasteiger charge is 2.12. The first-order valence-corrected chi connectivity index (χ1v) is 6.00.